The summed E-state index contributed by atoms with van der Waals surface area (Å²) in [4.78, 5) is 14.6. The summed E-state index contributed by atoms with van der Waals surface area (Å²) in [7, 11) is 0. The molecule has 1 aromatic heterocycles. The molecule has 4 heteroatoms. The molecule has 0 saturated heterocycles. The van der Waals surface area contributed by atoms with Gasteiger partial charge in [-0.05, 0) is 18.1 Å². The fourth-order valence-electron chi connectivity index (χ4n) is 0.785. The second-order valence-corrected chi connectivity index (χ2v) is 3.68. The summed E-state index contributed by atoms with van der Waals surface area (Å²) >= 11 is 1.18. The van der Waals surface area contributed by atoms with E-state index < -0.39 is 0 Å². The van der Waals surface area contributed by atoms with E-state index in [1.807, 2.05) is 0 Å². The highest BCUT2D eigenvalue weighted by Crippen LogP contribution is 2.00. The van der Waals surface area contributed by atoms with Gasteiger partial charge in [-0.25, -0.2) is 4.98 Å². The van der Waals surface area contributed by atoms with E-state index in [0.29, 0.717) is 17.3 Å². The van der Waals surface area contributed by atoms with Gasteiger partial charge in [0.15, 0.2) is 5.12 Å². The minimum atomic E-state index is 0.0693. The summed E-state index contributed by atoms with van der Waals surface area (Å²) in [6.45, 7) is 1.52. The molecule has 0 aliphatic heterocycles. The average molecular weight is 206 g/mol. The summed E-state index contributed by atoms with van der Waals surface area (Å²) < 4.78 is 0. The molecule has 0 saturated carbocycles. The van der Waals surface area contributed by atoms with Crippen molar-refractivity contribution in [2.45, 2.75) is 6.92 Å². The maximum Gasteiger partial charge on any atom is 0.186 e. The van der Waals surface area contributed by atoms with Gasteiger partial charge < -0.3 is 5.73 Å². The van der Waals surface area contributed by atoms with Gasteiger partial charge in [0.1, 0.15) is 11.5 Å². The van der Waals surface area contributed by atoms with Gasteiger partial charge in [0.2, 0.25) is 0 Å². The first-order chi connectivity index (χ1) is 6.68. The third-order valence-electron chi connectivity index (χ3n) is 1.33. The highest BCUT2D eigenvalue weighted by Gasteiger charge is 1.90. The molecule has 0 aliphatic carbocycles. The molecule has 3 nitrogen and oxygen atoms in total. The topological polar surface area (TPSA) is 56.0 Å². The average Bonchev–Trinajstić information content (AvgIpc) is 2.12. The third-order valence-corrected chi connectivity index (χ3v) is 2.03. The number of aromatic nitrogens is 1. The summed E-state index contributed by atoms with van der Waals surface area (Å²) in [6, 6.07) is 5.28. The van der Waals surface area contributed by atoms with Gasteiger partial charge in [-0.15, -0.1) is 0 Å². The molecule has 0 bridgehead atoms. The molecule has 0 fully saturated rings. The van der Waals surface area contributed by atoms with Crippen LogP contribution in [0, 0.1) is 11.8 Å². The van der Waals surface area contributed by atoms with Crippen molar-refractivity contribution in [2.24, 2.45) is 0 Å². The summed E-state index contributed by atoms with van der Waals surface area (Å²) in [5.74, 6) is 6.61. The van der Waals surface area contributed by atoms with Gasteiger partial charge in [0.25, 0.3) is 0 Å². The molecule has 0 atom stereocenters. The van der Waals surface area contributed by atoms with Gasteiger partial charge in [-0.3, -0.25) is 4.79 Å². The number of nitrogens with two attached hydrogens (primary N) is 1. The lowest BCUT2D eigenvalue weighted by Crippen LogP contribution is -1.91. The Morgan fingerprint density at radius 1 is 1.64 bits per heavy atom. The minimum Gasteiger partial charge on any atom is -0.384 e. The fourth-order valence-corrected chi connectivity index (χ4v) is 1.13. The van der Waals surface area contributed by atoms with Crippen molar-refractivity contribution in [1.29, 1.82) is 0 Å². The van der Waals surface area contributed by atoms with Crippen LogP contribution in [0.5, 0.6) is 0 Å². The van der Waals surface area contributed by atoms with Crippen molar-refractivity contribution >= 4 is 22.7 Å². The smallest absolute Gasteiger partial charge is 0.186 e. The lowest BCUT2D eigenvalue weighted by Gasteiger charge is -1.91. The van der Waals surface area contributed by atoms with Gasteiger partial charge in [-0.1, -0.05) is 23.7 Å². The Morgan fingerprint density at radius 3 is 3.07 bits per heavy atom. The van der Waals surface area contributed by atoms with Crippen LogP contribution in [0.1, 0.15) is 12.6 Å². The Hall–Kier alpha value is -1.47. The van der Waals surface area contributed by atoms with Crippen molar-refractivity contribution in [3.63, 3.8) is 0 Å². The number of carbonyl (C=O) groups excluding carboxylic acids is 1. The lowest BCUT2D eigenvalue weighted by molar-refractivity contribution is -0.109. The molecule has 0 spiro atoms. The van der Waals surface area contributed by atoms with E-state index in [-0.39, 0.29) is 5.12 Å². The first-order valence-electron chi connectivity index (χ1n) is 4.03. The van der Waals surface area contributed by atoms with Gasteiger partial charge in [-0.2, -0.15) is 0 Å². The van der Waals surface area contributed by atoms with E-state index >= 15 is 0 Å². The number of thioether (sulfide) groups is 1. The van der Waals surface area contributed by atoms with Crippen molar-refractivity contribution in [1.82, 2.24) is 4.98 Å². The van der Waals surface area contributed by atoms with E-state index in [1.54, 1.807) is 18.2 Å². The number of carbonyl (C=O) groups is 1. The fraction of sp³-hybridized carbons (Fsp3) is 0.200. The van der Waals surface area contributed by atoms with Crippen molar-refractivity contribution < 1.29 is 4.79 Å². The third kappa shape index (κ3) is 3.97. The van der Waals surface area contributed by atoms with Crippen LogP contribution in [0.4, 0.5) is 5.82 Å². The number of pyridine rings is 1. The van der Waals surface area contributed by atoms with Crippen LogP contribution in [0.3, 0.4) is 0 Å². The number of nitrogen functional groups attached to an aromatic ring is 1. The number of rotatable bonds is 1. The molecule has 2 N–H and O–H groups in total. The zero-order valence-corrected chi connectivity index (χ0v) is 8.60. The molecule has 14 heavy (non-hydrogen) atoms. The number of nitrogens with zero attached hydrogens (tertiary/aromatic N) is 1. The second kappa shape index (κ2) is 5.30. The van der Waals surface area contributed by atoms with Crippen LogP contribution in [0.15, 0.2) is 18.2 Å². The van der Waals surface area contributed by atoms with Crippen LogP contribution < -0.4 is 5.73 Å². The Labute approximate surface area is 87.1 Å². The molecule has 0 unspecified atom stereocenters. The molecule has 0 aliphatic rings. The van der Waals surface area contributed by atoms with E-state index in [1.165, 1.54) is 18.7 Å². The largest absolute Gasteiger partial charge is 0.384 e. The maximum absolute atomic E-state index is 10.6. The van der Waals surface area contributed by atoms with Gasteiger partial charge >= 0.3 is 0 Å². The van der Waals surface area contributed by atoms with Crippen molar-refractivity contribution in [3.05, 3.63) is 23.9 Å². The minimum absolute atomic E-state index is 0.0693. The standard InChI is InChI=1S/C10H10N2OS/c1-8(13)14-7-3-5-9-4-2-6-10(11)12-9/h2,4,6H,7H2,1H3,(H2,11,12). The Kier molecular flexibility index (Phi) is 4.02. The van der Waals surface area contributed by atoms with Crippen LogP contribution in [0.2, 0.25) is 0 Å². The molecule has 0 amide bonds. The normalized spacial score (nSPS) is 8.93. The highest BCUT2D eigenvalue weighted by molar-refractivity contribution is 8.13. The lowest BCUT2D eigenvalue weighted by atomic mass is 10.3. The van der Waals surface area contributed by atoms with E-state index in [0.717, 1.165) is 0 Å². The zero-order chi connectivity index (χ0) is 10.4. The van der Waals surface area contributed by atoms with Crippen molar-refractivity contribution in [2.75, 3.05) is 11.5 Å². The van der Waals surface area contributed by atoms with E-state index in [9.17, 15) is 4.79 Å². The predicted octanol–water partition coefficient (Wildman–Crippen LogP) is 1.29. The van der Waals surface area contributed by atoms with Crippen LogP contribution in [-0.4, -0.2) is 15.9 Å². The molecular formula is C10H10N2OS. The van der Waals surface area contributed by atoms with Gasteiger partial charge in [0, 0.05) is 6.92 Å². The molecule has 1 heterocycles. The van der Waals surface area contributed by atoms with Crippen LogP contribution in [0.25, 0.3) is 0 Å². The SMILES string of the molecule is CC(=O)SCC#Cc1cccc(N)n1. The Balaban J connectivity index is 2.55. The van der Waals surface area contributed by atoms with Crippen LogP contribution in [-0.2, 0) is 4.79 Å². The van der Waals surface area contributed by atoms with Crippen molar-refractivity contribution in [3.8, 4) is 11.8 Å². The Morgan fingerprint density at radius 2 is 2.43 bits per heavy atom. The summed E-state index contributed by atoms with van der Waals surface area (Å²) in [6.07, 6.45) is 0. The molecule has 0 aromatic carbocycles. The van der Waals surface area contributed by atoms with E-state index in [4.69, 9.17) is 5.73 Å². The first kappa shape index (κ1) is 10.6. The molecular weight excluding hydrogens is 196 g/mol. The molecule has 72 valence electrons. The number of hydrogen-bond donors (Lipinski definition) is 1. The monoisotopic (exact) mass is 206 g/mol. The predicted molar refractivity (Wildman–Crippen MR) is 58.7 cm³/mol. The Bertz CT molecular complexity index is 393. The number of hydrogen-bond acceptors (Lipinski definition) is 4. The number of anilines is 1. The highest BCUT2D eigenvalue weighted by atomic mass is 32.2. The molecule has 1 rings (SSSR count). The zero-order valence-electron chi connectivity index (χ0n) is 7.78. The quantitative estimate of drug-likeness (QED) is 0.703. The maximum atomic E-state index is 10.6. The summed E-state index contributed by atoms with van der Waals surface area (Å²) in [5, 5.41) is 0.0693. The summed E-state index contributed by atoms with van der Waals surface area (Å²) in [5.41, 5.74) is 6.11. The van der Waals surface area contributed by atoms with Crippen LogP contribution >= 0.6 is 11.8 Å². The first-order valence-corrected chi connectivity index (χ1v) is 5.02. The van der Waals surface area contributed by atoms with Gasteiger partial charge in [0.05, 0.1) is 5.75 Å². The molecule has 0 radical (unpaired) electrons. The molecule has 1 aromatic rings. The van der Waals surface area contributed by atoms with E-state index in [2.05, 4.69) is 16.8 Å². The second-order valence-electron chi connectivity index (χ2n) is 2.53.